The molecule has 118 valence electrons. The summed E-state index contributed by atoms with van der Waals surface area (Å²) in [4.78, 5) is 13.7. The molecule has 0 fully saturated rings. The normalized spacial score (nSPS) is 12.3. The van der Waals surface area contributed by atoms with Crippen LogP contribution in [0.3, 0.4) is 0 Å². The SMILES string of the molecule is CCNC(C)c1cc(C)ccc1OCC(=O)N(C)C(C)C. The van der Waals surface area contributed by atoms with Gasteiger partial charge in [0, 0.05) is 24.7 Å². The van der Waals surface area contributed by atoms with Crippen molar-refractivity contribution < 1.29 is 9.53 Å². The van der Waals surface area contributed by atoms with Gasteiger partial charge in [0.25, 0.3) is 5.91 Å². The first-order valence-corrected chi connectivity index (χ1v) is 7.59. The Morgan fingerprint density at radius 3 is 2.57 bits per heavy atom. The molecule has 1 atom stereocenters. The van der Waals surface area contributed by atoms with Crippen molar-refractivity contribution in [1.29, 1.82) is 0 Å². The standard InChI is InChI=1S/C17H28N2O2/c1-7-18-14(5)15-10-13(4)8-9-16(15)21-11-17(20)19(6)12(2)3/h8-10,12,14,18H,7,11H2,1-6H3. The van der Waals surface area contributed by atoms with Crippen LogP contribution in [0.4, 0.5) is 0 Å². The van der Waals surface area contributed by atoms with E-state index in [2.05, 4.69) is 32.2 Å². The molecule has 0 aliphatic heterocycles. The van der Waals surface area contributed by atoms with E-state index in [9.17, 15) is 4.79 Å². The van der Waals surface area contributed by atoms with Crippen molar-refractivity contribution in [1.82, 2.24) is 10.2 Å². The van der Waals surface area contributed by atoms with Gasteiger partial charge in [0.05, 0.1) is 0 Å². The molecule has 0 heterocycles. The van der Waals surface area contributed by atoms with Crippen molar-refractivity contribution in [3.8, 4) is 5.75 Å². The van der Waals surface area contributed by atoms with Gasteiger partial charge < -0.3 is 15.0 Å². The third kappa shape index (κ3) is 5.05. The quantitative estimate of drug-likeness (QED) is 0.840. The van der Waals surface area contributed by atoms with Crippen LogP contribution in [0.5, 0.6) is 5.75 Å². The first kappa shape index (κ1) is 17.5. The molecule has 0 aromatic heterocycles. The highest BCUT2D eigenvalue weighted by atomic mass is 16.5. The molecule has 0 saturated carbocycles. The zero-order valence-corrected chi connectivity index (χ0v) is 14.1. The second-order valence-corrected chi connectivity index (χ2v) is 5.71. The molecule has 1 N–H and O–H groups in total. The highest BCUT2D eigenvalue weighted by molar-refractivity contribution is 5.77. The van der Waals surface area contributed by atoms with E-state index < -0.39 is 0 Å². The number of carbonyl (C=O) groups is 1. The Balaban J connectivity index is 2.81. The van der Waals surface area contributed by atoms with Crippen LogP contribution in [-0.4, -0.2) is 37.0 Å². The van der Waals surface area contributed by atoms with E-state index in [-0.39, 0.29) is 24.6 Å². The molecule has 1 amide bonds. The minimum atomic E-state index is -0.00683. The van der Waals surface area contributed by atoms with Gasteiger partial charge in [0.2, 0.25) is 0 Å². The number of nitrogens with zero attached hydrogens (tertiary/aromatic N) is 1. The van der Waals surface area contributed by atoms with Crippen molar-refractivity contribution >= 4 is 5.91 Å². The number of nitrogens with one attached hydrogen (secondary N) is 1. The van der Waals surface area contributed by atoms with E-state index in [0.29, 0.717) is 0 Å². The van der Waals surface area contributed by atoms with Crippen LogP contribution in [0.2, 0.25) is 0 Å². The molecule has 0 spiro atoms. The summed E-state index contributed by atoms with van der Waals surface area (Å²) < 4.78 is 5.76. The number of rotatable bonds is 7. The molecule has 1 aromatic rings. The maximum absolute atomic E-state index is 12.0. The van der Waals surface area contributed by atoms with E-state index in [0.717, 1.165) is 17.9 Å². The van der Waals surface area contributed by atoms with Gasteiger partial charge in [0.15, 0.2) is 6.61 Å². The van der Waals surface area contributed by atoms with Gasteiger partial charge >= 0.3 is 0 Å². The average molecular weight is 292 g/mol. The van der Waals surface area contributed by atoms with Crippen molar-refractivity contribution in [3.63, 3.8) is 0 Å². The van der Waals surface area contributed by atoms with Crippen LogP contribution in [-0.2, 0) is 4.79 Å². The Labute approximate surface area is 128 Å². The van der Waals surface area contributed by atoms with E-state index in [1.165, 1.54) is 5.56 Å². The monoisotopic (exact) mass is 292 g/mol. The van der Waals surface area contributed by atoms with Gasteiger partial charge in [-0.05, 0) is 40.3 Å². The lowest BCUT2D eigenvalue weighted by atomic mass is 10.0. The van der Waals surface area contributed by atoms with Gasteiger partial charge in [-0.1, -0.05) is 24.6 Å². The third-order valence-corrected chi connectivity index (χ3v) is 3.66. The van der Waals surface area contributed by atoms with E-state index in [4.69, 9.17) is 4.74 Å². The van der Waals surface area contributed by atoms with Crippen molar-refractivity contribution in [3.05, 3.63) is 29.3 Å². The number of carbonyl (C=O) groups excluding carboxylic acids is 1. The van der Waals surface area contributed by atoms with Crippen molar-refractivity contribution in [2.75, 3.05) is 20.2 Å². The summed E-state index contributed by atoms with van der Waals surface area (Å²) in [5.41, 5.74) is 2.28. The summed E-state index contributed by atoms with van der Waals surface area (Å²) in [6.45, 7) is 11.2. The topological polar surface area (TPSA) is 41.6 Å². The summed E-state index contributed by atoms with van der Waals surface area (Å²) in [6.07, 6.45) is 0. The van der Waals surface area contributed by atoms with Crippen LogP contribution >= 0.6 is 0 Å². The first-order valence-electron chi connectivity index (χ1n) is 7.59. The fourth-order valence-electron chi connectivity index (χ4n) is 2.08. The van der Waals surface area contributed by atoms with Crippen LogP contribution in [0.15, 0.2) is 18.2 Å². The molecule has 0 radical (unpaired) electrons. The molecule has 4 heteroatoms. The van der Waals surface area contributed by atoms with Gasteiger partial charge in [-0.3, -0.25) is 4.79 Å². The number of hydrogen-bond donors (Lipinski definition) is 1. The molecule has 4 nitrogen and oxygen atoms in total. The van der Waals surface area contributed by atoms with Crippen LogP contribution < -0.4 is 10.1 Å². The van der Waals surface area contributed by atoms with Crippen LogP contribution in [0, 0.1) is 6.92 Å². The summed E-state index contributed by atoms with van der Waals surface area (Å²) in [7, 11) is 1.80. The highest BCUT2D eigenvalue weighted by Gasteiger charge is 2.15. The Morgan fingerprint density at radius 2 is 2.00 bits per heavy atom. The summed E-state index contributed by atoms with van der Waals surface area (Å²) >= 11 is 0. The number of benzene rings is 1. The predicted molar refractivity (Wildman–Crippen MR) is 86.7 cm³/mol. The largest absolute Gasteiger partial charge is 0.483 e. The molecule has 1 unspecified atom stereocenters. The fourth-order valence-corrected chi connectivity index (χ4v) is 2.08. The zero-order valence-electron chi connectivity index (χ0n) is 14.1. The van der Waals surface area contributed by atoms with Gasteiger partial charge in [-0.2, -0.15) is 0 Å². The molecular weight excluding hydrogens is 264 g/mol. The van der Waals surface area contributed by atoms with Crippen molar-refractivity contribution in [2.24, 2.45) is 0 Å². The van der Waals surface area contributed by atoms with Gasteiger partial charge in [-0.15, -0.1) is 0 Å². The molecule has 0 bridgehead atoms. The maximum atomic E-state index is 12.0. The molecule has 0 aliphatic carbocycles. The molecular formula is C17H28N2O2. The minimum Gasteiger partial charge on any atom is -0.483 e. The summed E-state index contributed by atoms with van der Waals surface area (Å²) in [6, 6.07) is 6.44. The summed E-state index contributed by atoms with van der Waals surface area (Å²) in [5, 5.41) is 3.38. The minimum absolute atomic E-state index is 0.00683. The van der Waals surface area contributed by atoms with Crippen LogP contribution in [0.25, 0.3) is 0 Å². The second-order valence-electron chi connectivity index (χ2n) is 5.71. The lowest BCUT2D eigenvalue weighted by Crippen LogP contribution is -2.36. The van der Waals surface area contributed by atoms with Crippen molar-refractivity contribution in [2.45, 2.75) is 46.7 Å². The van der Waals surface area contributed by atoms with E-state index in [1.807, 2.05) is 26.0 Å². The zero-order chi connectivity index (χ0) is 16.0. The average Bonchev–Trinajstić information content (AvgIpc) is 2.44. The van der Waals surface area contributed by atoms with Gasteiger partial charge in [-0.25, -0.2) is 0 Å². The molecule has 1 aromatic carbocycles. The number of hydrogen-bond acceptors (Lipinski definition) is 3. The van der Waals surface area contributed by atoms with Gasteiger partial charge in [0.1, 0.15) is 5.75 Å². The smallest absolute Gasteiger partial charge is 0.260 e. The lowest BCUT2D eigenvalue weighted by molar-refractivity contribution is -0.133. The molecule has 1 rings (SSSR count). The Bertz CT molecular complexity index is 472. The highest BCUT2D eigenvalue weighted by Crippen LogP contribution is 2.26. The number of ether oxygens (including phenoxy) is 1. The Morgan fingerprint density at radius 1 is 1.33 bits per heavy atom. The maximum Gasteiger partial charge on any atom is 0.260 e. The van der Waals surface area contributed by atoms with E-state index >= 15 is 0 Å². The first-order chi connectivity index (χ1) is 9.86. The predicted octanol–water partition coefficient (Wildman–Crippen LogP) is 2.91. The fraction of sp³-hybridized carbons (Fsp3) is 0.588. The third-order valence-electron chi connectivity index (χ3n) is 3.66. The van der Waals surface area contributed by atoms with Crippen LogP contribution in [0.1, 0.15) is 44.9 Å². The number of amides is 1. The molecule has 0 aliphatic rings. The lowest BCUT2D eigenvalue weighted by Gasteiger charge is -2.23. The Kier molecular flexibility index (Phi) is 6.69. The Hall–Kier alpha value is -1.55. The molecule has 0 saturated heterocycles. The number of aryl methyl sites for hydroxylation is 1. The van der Waals surface area contributed by atoms with E-state index in [1.54, 1.807) is 11.9 Å². The number of likely N-dealkylation sites (N-methyl/N-ethyl adjacent to an activating group) is 1. The molecule has 21 heavy (non-hydrogen) atoms. The second kappa shape index (κ2) is 8.03. The summed E-state index contributed by atoms with van der Waals surface area (Å²) in [5.74, 6) is 0.771.